The van der Waals surface area contributed by atoms with Crippen LogP contribution in [0.4, 0.5) is 4.39 Å². The van der Waals surface area contributed by atoms with Crippen LogP contribution in [-0.4, -0.2) is 5.11 Å². The highest BCUT2D eigenvalue weighted by Crippen LogP contribution is 2.33. The van der Waals surface area contributed by atoms with Gasteiger partial charge in [0.2, 0.25) is 0 Å². The Morgan fingerprint density at radius 2 is 1.83 bits per heavy atom. The molecule has 2 aromatic rings. The Balaban J connectivity index is 2.48. The minimum Gasteiger partial charge on any atom is -0.383 e. The van der Waals surface area contributed by atoms with Gasteiger partial charge in [0.1, 0.15) is 11.9 Å². The molecule has 2 aromatic carbocycles. The van der Waals surface area contributed by atoms with Crippen molar-refractivity contribution in [2.75, 3.05) is 0 Å². The van der Waals surface area contributed by atoms with Gasteiger partial charge in [-0.25, -0.2) is 4.39 Å². The normalized spacial score (nSPS) is 12.5. The molecule has 0 aromatic heterocycles. The molecule has 0 aliphatic carbocycles. The minimum absolute atomic E-state index is 0.161. The predicted octanol–water partition coefficient (Wildman–Crippen LogP) is 4.98. The zero-order valence-electron chi connectivity index (χ0n) is 9.00. The van der Waals surface area contributed by atoms with Crippen molar-refractivity contribution in [2.45, 2.75) is 6.10 Å². The summed E-state index contributed by atoms with van der Waals surface area (Å²) in [5.41, 5.74) is 0.576. The van der Waals surface area contributed by atoms with Crippen molar-refractivity contribution in [3.05, 3.63) is 67.9 Å². The van der Waals surface area contributed by atoms with Gasteiger partial charge in [0.05, 0.1) is 4.47 Å². The molecule has 1 unspecified atom stereocenters. The summed E-state index contributed by atoms with van der Waals surface area (Å²) in [4.78, 5) is 0. The molecule has 0 fully saturated rings. The summed E-state index contributed by atoms with van der Waals surface area (Å²) in [5, 5.41) is 10.9. The number of hydrogen-bond acceptors (Lipinski definition) is 1. The Kier molecular flexibility index (Phi) is 4.28. The molecule has 0 aliphatic heterocycles. The van der Waals surface area contributed by atoms with Crippen LogP contribution in [0, 0.1) is 5.82 Å². The smallest absolute Gasteiger partial charge is 0.143 e. The number of halogens is 4. The maximum Gasteiger partial charge on any atom is 0.143 e. The Morgan fingerprint density at radius 1 is 1.11 bits per heavy atom. The van der Waals surface area contributed by atoms with Crippen molar-refractivity contribution in [3.63, 3.8) is 0 Å². The van der Waals surface area contributed by atoms with Gasteiger partial charge in [0.25, 0.3) is 0 Å². The van der Waals surface area contributed by atoms with E-state index >= 15 is 0 Å². The zero-order valence-corrected chi connectivity index (χ0v) is 12.1. The van der Waals surface area contributed by atoms with E-state index in [-0.39, 0.29) is 5.56 Å². The van der Waals surface area contributed by atoms with Gasteiger partial charge >= 0.3 is 0 Å². The molecule has 0 spiro atoms. The molecule has 18 heavy (non-hydrogen) atoms. The Morgan fingerprint density at radius 3 is 2.50 bits per heavy atom. The summed E-state index contributed by atoms with van der Waals surface area (Å²) in [6.45, 7) is 0. The van der Waals surface area contributed by atoms with E-state index in [1.807, 2.05) is 0 Å². The highest BCUT2D eigenvalue weighted by Gasteiger charge is 2.19. The van der Waals surface area contributed by atoms with Crippen LogP contribution in [-0.2, 0) is 0 Å². The molecule has 0 bridgehead atoms. The van der Waals surface area contributed by atoms with Gasteiger partial charge in [-0.15, -0.1) is 0 Å². The lowest BCUT2D eigenvalue weighted by Gasteiger charge is -2.14. The van der Waals surface area contributed by atoms with Crippen molar-refractivity contribution in [1.29, 1.82) is 0 Å². The maximum atomic E-state index is 13.9. The highest BCUT2D eigenvalue weighted by atomic mass is 79.9. The van der Waals surface area contributed by atoms with E-state index in [1.54, 1.807) is 24.3 Å². The molecule has 2 rings (SSSR count). The highest BCUT2D eigenvalue weighted by molar-refractivity contribution is 9.10. The molecule has 0 amide bonds. The number of benzene rings is 2. The average Bonchev–Trinajstić information content (AvgIpc) is 2.32. The van der Waals surface area contributed by atoms with Crippen LogP contribution in [0.15, 0.2) is 40.9 Å². The molecule has 5 heteroatoms. The average molecular weight is 350 g/mol. The van der Waals surface area contributed by atoms with Gasteiger partial charge < -0.3 is 5.11 Å². The van der Waals surface area contributed by atoms with E-state index in [0.29, 0.717) is 20.1 Å². The van der Waals surface area contributed by atoms with Crippen LogP contribution in [0.2, 0.25) is 10.0 Å². The number of rotatable bonds is 2. The van der Waals surface area contributed by atoms with Crippen molar-refractivity contribution < 1.29 is 9.50 Å². The molecule has 94 valence electrons. The molecule has 0 saturated heterocycles. The first-order valence-corrected chi connectivity index (χ1v) is 6.62. The van der Waals surface area contributed by atoms with Crippen LogP contribution in [0.3, 0.4) is 0 Å². The lowest BCUT2D eigenvalue weighted by molar-refractivity contribution is 0.215. The predicted molar refractivity (Wildman–Crippen MR) is 74.6 cm³/mol. The topological polar surface area (TPSA) is 20.2 Å². The number of aliphatic hydroxyl groups is 1. The third-order valence-corrected chi connectivity index (χ3v) is 3.71. The van der Waals surface area contributed by atoms with E-state index in [1.165, 1.54) is 12.1 Å². The van der Waals surface area contributed by atoms with Gasteiger partial charge in [-0.05, 0) is 34.1 Å². The Labute approximate surface area is 122 Å². The molecule has 1 atom stereocenters. The van der Waals surface area contributed by atoms with Crippen molar-refractivity contribution >= 4 is 39.1 Å². The van der Waals surface area contributed by atoms with Crippen molar-refractivity contribution in [1.82, 2.24) is 0 Å². The standard InChI is InChI=1S/C13H8BrCl2FO/c14-10-3-1-2-9(12(10)17)13(18)8-5-4-7(15)6-11(8)16/h1-6,13,18H. The summed E-state index contributed by atoms with van der Waals surface area (Å²) < 4.78 is 14.2. The van der Waals surface area contributed by atoms with E-state index < -0.39 is 11.9 Å². The van der Waals surface area contributed by atoms with Gasteiger partial charge in [0, 0.05) is 21.2 Å². The van der Waals surface area contributed by atoms with E-state index in [0.717, 1.165) is 0 Å². The van der Waals surface area contributed by atoms with Crippen LogP contribution in [0.1, 0.15) is 17.2 Å². The first-order valence-electron chi connectivity index (χ1n) is 5.07. The van der Waals surface area contributed by atoms with E-state index in [2.05, 4.69) is 15.9 Å². The zero-order chi connectivity index (χ0) is 13.3. The van der Waals surface area contributed by atoms with Gasteiger partial charge in [0.15, 0.2) is 0 Å². The minimum atomic E-state index is -1.13. The fourth-order valence-electron chi connectivity index (χ4n) is 1.62. The monoisotopic (exact) mass is 348 g/mol. The molecule has 1 nitrogen and oxygen atoms in total. The van der Waals surface area contributed by atoms with Crippen molar-refractivity contribution in [3.8, 4) is 0 Å². The Bertz CT molecular complexity index is 589. The summed E-state index contributed by atoms with van der Waals surface area (Å²) in [6, 6.07) is 9.41. The number of aliphatic hydroxyl groups excluding tert-OH is 1. The lowest BCUT2D eigenvalue weighted by atomic mass is 10.0. The van der Waals surface area contributed by atoms with Gasteiger partial charge in [-0.2, -0.15) is 0 Å². The second-order valence-corrected chi connectivity index (χ2v) is 5.41. The quantitative estimate of drug-likeness (QED) is 0.810. The largest absolute Gasteiger partial charge is 0.383 e. The van der Waals surface area contributed by atoms with Crippen LogP contribution >= 0.6 is 39.1 Å². The Hall–Kier alpha value is -0.610. The fourth-order valence-corrected chi connectivity index (χ4v) is 2.52. The molecular formula is C13H8BrCl2FO. The summed E-state index contributed by atoms with van der Waals surface area (Å²) in [5.74, 6) is -0.504. The SMILES string of the molecule is OC(c1ccc(Cl)cc1Cl)c1cccc(Br)c1F. The van der Waals surface area contributed by atoms with Crippen LogP contribution in [0.25, 0.3) is 0 Å². The van der Waals surface area contributed by atoms with E-state index in [4.69, 9.17) is 23.2 Å². The van der Waals surface area contributed by atoms with Crippen LogP contribution < -0.4 is 0 Å². The van der Waals surface area contributed by atoms with Crippen LogP contribution in [0.5, 0.6) is 0 Å². The molecule has 1 N–H and O–H groups in total. The summed E-state index contributed by atoms with van der Waals surface area (Å²) >= 11 is 14.8. The molecule has 0 radical (unpaired) electrons. The first kappa shape index (κ1) is 13.8. The molecular weight excluding hydrogens is 342 g/mol. The second kappa shape index (κ2) is 5.57. The molecule has 0 heterocycles. The number of hydrogen-bond donors (Lipinski definition) is 1. The second-order valence-electron chi connectivity index (χ2n) is 3.71. The summed E-state index contributed by atoms with van der Waals surface area (Å²) in [6.07, 6.45) is -1.13. The van der Waals surface area contributed by atoms with E-state index in [9.17, 15) is 9.50 Å². The summed E-state index contributed by atoms with van der Waals surface area (Å²) in [7, 11) is 0. The maximum absolute atomic E-state index is 13.9. The molecule has 0 saturated carbocycles. The third kappa shape index (κ3) is 2.69. The fraction of sp³-hybridized carbons (Fsp3) is 0.0769. The first-order chi connectivity index (χ1) is 8.50. The van der Waals surface area contributed by atoms with Gasteiger partial charge in [-0.1, -0.05) is 41.4 Å². The third-order valence-electron chi connectivity index (χ3n) is 2.53. The van der Waals surface area contributed by atoms with Gasteiger partial charge in [-0.3, -0.25) is 0 Å². The molecule has 0 aliphatic rings. The lowest BCUT2D eigenvalue weighted by Crippen LogP contribution is -2.03. The van der Waals surface area contributed by atoms with Crippen molar-refractivity contribution in [2.24, 2.45) is 0 Å².